The van der Waals surface area contributed by atoms with Crippen molar-refractivity contribution in [3.63, 3.8) is 0 Å². The minimum absolute atomic E-state index is 0. The zero-order chi connectivity index (χ0) is 17.1. The van der Waals surface area contributed by atoms with Crippen molar-refractivity contribution in [3.05, 3.63) is 34.9 Å². The number of carbonyl (C=O) groups is 2. The molecule has 5 heteroatoms. The number of likely N-dealkylation sites (tertiary alicyclic amines) is 1. The number of ketones is 1. The van der Waals surface area contributed by atoms with E-state index in [1.54, 1.807) is 0 Å². The van der Waals surface area contributed by atoms with Gasteiger partial charge in [-0.05, 0) is 68.8 Å². The van der Waals surface area contributed by atoms with Crippen LogP contribution in [0.1, 0.15) is 47.2 Å². The maximum absolute atomic E-state index is 12.5. The Kier molecular flexibility index (Phi) is 7.03. The molecule has 2 aliphatic heterocycles. The number of halogens is 1. The number of hydrogen-bond acceptors (Lipinski definition) is 3. The maximum Gasteiger partial charge on any atom is 0.223 e. The van der Waals surface area contributed by atoms with Crippen LogP contribution in [0, 0.1) is 25.7 Å². The lowest BCUT2D eigenvalue weighted by Gasteiger charge is -2.20. The highest BCUT2D eigenvalue weighted by Gasteiger charge is 2.31. The molecule has 4 nitrogen and oxygen atoms in total. The molecule has 1 aromatic carbocycles. The molecule has 0 saturated carbocycles. The summed E-state index contributed by atoms with van der Waals surface area (Å²) in [4.78, 5) is 26.8. The first kappa shape index (κ1) is 19.9. The highest BCUT2D eigenvalue weighted by atomic mass is 35.5. The van der Waals surface area contributed by atoms with Gasteiger partial charge in [0.2, 0.25) is 5.91 Å². The van der Waals surface area contributed by atoms with E-state index in [0.29, 0.717) is 12.8 Å². The quantitative estimate of drug-likeness (QED) is 0.835. The highest BCUT2D eigenvalue weighted by Crippen LogP contribution is 2.27. The van der Waals surface area contributed by atoms with Crippen molar-refractivity contribution in [2.75, 3.05) is 26.2 Å². The van der Waals surface area contributed by atoms with Gasteiger partial charge in [-0.3, -0.25) is 9.59 Å². The Morgan fingerprint density at radius 1 is 1.04 bits per heavy atom. The van der Waals surface area contributed by atoms with Crippen molar-refractivity contribution in [2.45, 2.75) is 39.5 Å². The Labute approximate surface area is 156 Å². The van der Waals surface area contributed by atoms with E-state index in [0.717, 1.165) is 62.0 Å². The second kappa shape index (κ2) is 8.81. The molecule has 1 aromatic rings. The Bertz CT molecular complexity index is 618. The number of benzene rings is 1. The number of fused-ring (bicyclic) bond motifs is 1. The third kappa shape index (κ3) is 4.83. The van der Waals surface area contributed by atoms with Crippen molar-refractivity contribution in [1.82, 2.24) is 10.2 Å². The van der Waals surface area contributed by atoms with E-state index in [9.17, 15) is 9.59 Å². The molecule has 0 aliphatic carbocycles. The molecule has 3 rings (SSSR count). The van der Waals surface area contributed by atoms with Crippen molar-refractivity contribution in [1.29, 1.82) is 0 Å². The van der Waals surface area contributed by atoms with Gasteiger partial charge in [-0.15, -0.1) is 12.4 Å². The monoisotopic (exact) mass is 364 g/mol. The zero-order valence-electron chi connectivity index (χ0n) is 15.2. The Balaban J connectivity index is 0.00000225. The second-order valence-electron chi connectivity index (χ2n) is 7.36. The van der Waals surface area contributed by atoms with Gasteiger partial charge in [-0.1, -0.05) is 12.1 Å². The second-order valence-corrected chi connectivity index (χ2v) is 7.36. The number of Topliss-reactive ketones (excluding diaryl/α,β-unsaturated/α-hetero) is 1. The molecule has 2 saturated heterocycles. The predicted molar refractivity (Wildman–Crippen MR) is 102 cm³/mol. The molecule has 0 spiro atoms. The molecule has 0 radical (unpaired) electrons. The molecule has 2 heterocycles. The van der Waals surface area contributed by atoms with E-state index in [1.807, 2.05) is 36.9 Å². The molecule has 2 atom stereocenters. The van der Waals surface area contributed by atoms with E-state index in [1.165, 1.54) is 5.56 Å². The van der Waals surface area contributed by atoms with E-state index in [-0.39, 0.29) is 24.1 Å². The molecular formula is C20H29ClN2O2. The molecule has 0 bridgehead atoms. The topological polar surface area (TPSA) is 49.4 Å². The van der Waals surface area contributed by atoms with E-state index in [4.69, 9.17) is 0 Å². The number of nitrogens with zero attached hydrogens (tertiary/aromatic N) is 1. The van der Waals surface area contributed by atoms with Gasteiger partial charge in [-0.25, -0.2) is 0 Å². The lowest BCUT2D eigenvalue weighted by Crippen LogP contribution is -2.32. The third-order valence-electron chi connectivity index (χ3n) is 5.77. The van der Waals surface area contributed by atoms with Gasteiger partial charge in [0.1, 0.15) is 0 Å². The summed E-state index contributed by atoms with van der Waals surface area (Å²) in [6.07, 6.45) is 2.83. The summed E-state index contributed by atoms with van der Waals surface area (Å²) in [5.74, 6) is 1.65. The lowest BCUT2D eigenvalue weighted by molar-refractivity contribution is -0.131. The van der Waals surface area contributed by atoms with Crippen LogP contribution in [-0.2, 0) is 4.79 Å². The normalized spacial score (nSPS) is 22.7. The molecule has 2 aliphatic rings. The fraction of sp³-hybridized carbons (Fsp3) is 0.600. The predicted octanol–water partition coefficient (Wildman–Crippen LogP) is 3.15. The van der Waals surface area contributed by atoms with Gasteiger partial charge >= 0.3 is 0 Å². The smallest absolute Gasteiger partial charge is 0.223 e. The number of aryl methyl sites for hydroxylation is 2. The molecule has 25 heavy (non-hydrogen) atoms. The fourth-order valence-electron chi connectivity index (χ4n) is 3.91. The lowest BCUT2D eigenvalue weighted by atomic mass is 9.92. The van der Waals surface area contributed by atoms with Crippen LogP contribution in [0.25, 0.3) is 0 Å². The van der Waals surface area contributed by atoms with Crippen molar-refractivity contribution >= 4 is 24.1 Å². The number of nitrogens with one attached hydrogen (secondary N) is 1. The average Bonchev–Trinajstić information content (AvgIpc) is 2.93. The summed E-state index contributed by atoms with van der Waals surface area (Å²) in [6.45, 7) is 7.94. The van der Waals surface area contributed by atoms with Gasteiger partial charge < -0.3 is 10.2 Å². The number of hydrogen-bond donors (Lipinski definition) is 1. The highest BCUT2D eigenvalue weighted by molar-refractivity contribution is 5.98. The third-order valence-corrected chi connectivity index (χ3v) is 5.77. The van der Waals surface area contributed by atoms with Crippen molar-refractivity contribution in [3.8, 4) is 0 Å². The van der Waals surface area contributed by atoms with Crippen LogP contribution >= 0.6 is 12.4 Å². The van der Waals surface area contributed by atoms with Gasteiger partial charge in [0, 0.05) is 31.5 Å². The van der Waals surface area contributed by atoms with Gasteiger partial charge in [-0.2, -0.15) is 0 Å². The first-order valence-electron chi connectivity index (χ1n) is 9.13. The van der Waals surface area contributed by atoms with Crippen LogP contribution in [-0.4, -0.2) is 42.8 Å². The van der Waals surface area contributed by atoms with E-state index in [2.05, 4.69) is 5.32 Å². The van der Waals surface area contributed by atoms with Crippen LogP contribution in [0.4, 0.5) is 0 Å². The largest absolute Gasteiger partial charge is 0.343 e. The summed E-state index contributed by atoms with van der Waals surface area (Å²) < 4.78 is 0. The molecular weight excluding hydrogens is 336 g/mol. The molecule has 0 aromatic heterocycles. The molecule has 2 fully saturated rings. The summed E-state index contributed by atoms with van der Waals surface area (Å²) in [5, 5.41) is 3.45. The fourth-order valence-corrected chi connectivity index (χ4v) is 3.91. The molecule has 138 valence electrons. The van der Waals surface area contributed by atoms with Crippen LogP contribution in [0.15, 0.2) is 18.2 Å². The number of rotatable bonds is 4. The minimum atomic E-state index is 0. The van der Waals surface area contributed by atoms with Gasteiger partial charge in [0.25, 0.3) is 0 Å². The Hall–Kier alpha value is -1.39. The molecule has 1 amide bonds. The number of carbonyl (C=O) groups excluding carboxylic acids is 2. The van der Waals surface area contributed by atoms with Crippen LogP contribution in [0.2, 0.25) is 0 Å². The first-order chi connectivity index (χ1) is 11.5. The first-order valence-corrected chi connectivity index (χ1v) is 9.13. The van der Waals surface area contributed by atoms with Gasteiger partial charge in [0.05, 0.1) is 0 Å². The average molecular weight is 365 g/mol. The van der Waals surface area contributed by atoms with E-state index >= 15 is 0 Å². The van der Waals surface area contributed by atoms with Gasteiger partial charge in [0.15, 0.2) is 5.78 Å². The maximum atomic E-state index is 12.5. The summed E-state index contributed by atoms with van der Waals surface area (Å²) in [7, 11) is 0. The van der Waals surface area contributed by atoms with Crippen molar-refractivity contribution in [2.24, 2.45) is 11.8 Å². The van der Waals surface area contributed by atoms with Crippen LogP contribution in [0.5, 0.6) is 0 Å². The summed E-state index contributed by atoms with van der Waals surface area (Å²) in [6, 6.07) is 5.78. The molecule has 0 unspecified atom stereocenters. The Morgan fingerprint density at radius 3 is 2.28 bits per heavy atom. The van der Waals surface area contributed by atoms with Crippen LogP contribution in [0.3, 0.4) is 0 Å². The summed E-state index contributed by atoms with van der Waals surface area (Å²) >= 11 is 0. The number of amides is 1. The van der Waals surface area contributed by atoms with Crippen molar-refractivity contribution < 1.29 is 9.59 Å². The van der Waals surface area contributed by atoms with Crippen LogP contribution < -0.4 is 5.32 Å². The minimum Gasteiger partial charge on any atom is -0.343 e. The zero-order valence-corrected chi connectivity index (χ0v) is 16.0. The summed E-state index contributed by atoms with van der Waals surface area (Å²) in [5.41, 5.74) is 3.04. The molecule has 1 N–H and O–H groups in total. The standard InChI is InChI=1S/C20H28N2O2.ClH/c1-14-3-4-16(11-15(14)2)19(23)5-6-20(24)22-9-7-17-12-21-13-18(17)8-10-22;/h3-4,11,17-18,21H,5-10,12-13H2,1-2H3;1H/t17-,18+;. The SMILES string of the molecule is Cc1ccc(C(=O)CCC(=O)N2CC[C@@H]3CNC[C@@H]3CC2)cc1C.Cl. The van der Waals surface area contributed by atoms with E-state index < -0.39 is 0 Å². The Morgan fingerprint density at radius 2 is 1.68 bits per heavy atom.